The molecule has 0 bridgehead atoms. The summed E-state index contributed by atoms with van der Waals surface area (Å²) in [5, 5.41) is 0.341. The predicted octanol–water partition coefficient (Wildman–Crippen LogP) is 2.93. The second-order valence-corrected chi connectivity index (χ2v) is 5.28. The Kier molecular flexibility index (Phi) is 3.65. The molecule has 0 saturated heterocycles. The molecule has 0 aliphatic heterocycles. The van der Waals surface area contributed by atoms with Crippen LogP contribution in [0.25, 0.3) is 0 Å². The lowest BCUT2D eigenvalue weighted by Crippen LogP contribution is -2.32. The van der Waals surface area contributed by atoms with Crippen molar-refractivity contribution < 1.29 is 4.79 Å². The van der Waals surface area contributed by atoms with Crippen molar-refractivity contribution in [2.75, 3.05) is 0 Å². The lowest BCUT2D eigenvalue weighted by Gasteiger charge is -2.22. The number of carbonyl (C=O) groups is 1. The van der Waals surface area contributed by atoms with Crippen LogP contribution in [-0.4, -0.2) is 26.8 Å². The normalized spacial score (nSPS) is 14.1. The number of aromatic nitrogens is 2. The van der Waals surface area contributed by atoms with Gasteiger partial charge < -0.3 is 4.90 Å². The maximum absolute atomic E-state index is 12.6. The van der Waals surface area contributed by atoms with Crippen LogP contribution in [0.1, 0.15) is 28.8 Å². The number of halogens is 1. The van der Waals surface area contributed by atoms with Crippen LogP contribution in [-0.2, 0) is 6.54 Å². The van der Waals surface area contributed by atoms with Gasteiger partial charge in [0, 0.05) is 36.7 Å². The summed E-state index contributed by atoms with van der Waals surface area (Å²) in [7, 11) is 0. The van der Waals surface area contributed by atoms with Crippen molar-refractivity contribution in [1.29, 1.82) is 0 Å². The number of carbonyl (C=O) groups excluding carboxylic acids is 1. The van der Waals surface area contributed by atoms with Gasteiger partial charge in [-0.05, 0) is 36.6 Å². The summed E-state index contributed by atoms with van der Waals surface area (Å²) in [4.78, 5) is 22.5. The molecule has 0 N–H and O–H groups in total. The van der Waals surface area contributed by atoms with Crippen molar-refractivity contribution in [3.8, 4) is 0 Å². The highest BCUT2D eigenvalue weighted by atomic mass is 35.5. The third-order valence-electron chi connectivity index (χ3n) is 3.30. The Balaban J connectivity index is 1.82. The van der Waals surface area contributed by atoms with Gasteiger partial charge in [0.15, 0.2) is 0 Å². The molecule has 1 amide bonds. The Morgan fingerprint density at radius 1 is 1.35 bits per heavy atom. The maximum atomic E-state index is 12.6. The first-order chi connectivity index (χ1) is 9.74. The van der Waals surface area contributed by atoms with E-state index >= 15 is 0 Å². The SMILES string of the molecule is O=C(c1ccnc(Cl)c1)N(Cc1cccnc1)C1CC1. The summed E-state index contributed by atoms with van der Waals surface area (Å²) < 4.78 is 0. The van der Waals surface area contributed by atoms with Gasteiger partial charge in [-0.2, -0.15) is 0 Å². The molecule has 0 radical (unpaired) electrons. The molecule has 1 aliphatic rings. The Bertz CT molecular complexity index is 614. The summed E-state index contributed by atoms with van der Waals surface area (Å²) in [6.45, 7) is 0.581. The lowest BCUT2D eigenvalue weighted by molar-refractivity contribution is 0.0729. The highest BCUT2D eigenvalue weighted by Gasteiger charge is 2.33. The minimum atomic E-state index is 0.000605. The van der Waals surface area contributed by atoms with E-state index in [2.05, 4.69) is 9.97 Å². The lowest BCUT2D eigenvalue weighted by atomic mass is 10.2. The fraction of sp³-hybridized carbons (Fsp3) is 0.267. The second-order valence-electron chi connectivity index (χ2n) is 4.89. The fourth-order valence-electron chi connectivity index (χ4n) is 2.14. The van der Waals surface area contributed by atoms with E-state index in [9.17, 15) is 4.79 Å². The van der Waals surface area contributed by atoms with E-state index in [1.807, 2.05) is 17.0 Å². The summed E-state index contributed by atoms with van der Waals surface area (Å²) >= 11 is 5.86. The molecule has 5 heteroatoms. The van der Waals surface area contributed by atoms with Crippen LogP contribution >= 0.6 is 11.6 Å². The van der Waals surface area contributed by atoms with Crippen LogP contribution in [0.3, 0.4) is 0 Å². The molecule has 4 nitrogen and oxygen atoms in total. The number of rotatable bonds is 4. The molecule has 1 aliphatic carbocycles. The van der Waals surface area contributed by atoms with Crippen LogP contribution in [0, 0.1) is 0 Å². The molecule has 0 spiro atoms. The van der Waals surface area contributed by atoms with Gasteiger partial charge in [0.25, 0.3) is 5.91 Å². The standard InChI is InChI=1S/C15H14ClN3O/c16-14-8-12(5-7-18-14)15(20)19(13-3-4-13)10-11-2-1-6-17-9-11/h1-2,5-9,13H,3-4,10H2. The van der Waals surface area contributed by atoms with E-state index in [1.165, 1.54) is 0 Å². The summed E-state index contributed by atoms with van der Waals surface area (Å²) in [5.41, 5.74) is 1.62. The van der Waals surface area contributed by atoms with Gasteiger partial charge >= 0.3 is 0 Å². The van der Waals surface area contributed by atoms with Crippen LogP contribution in [0.5, 0.6) is 0 Å². The first-order valence-corrected chi connectivity index (χ1v) is 6.93. The highest BCUT2D eigenvalue weighted by molar-refractivity contribution is 6.29. The van der Waals surface area contributed by atoms with Gasteiger partial charge in [-0.3, -0.25) is 9.78 Å². The predicted molar refractivity (Wildman–Crippen MR) is 76.4 cm³/mol. The van der Waals surface area contributed by atoms with Crippen molar-refractivity contribution in [1.82, 2.24) is 14.9 Å². The van der Waals surface area contributed by atoms with Crippen LogP contribution in [0.4, 0.5) is 0 Å². The first-order valence-electron chi connectivity index (χ1n) is 6.55. The zero-order valence-electron chi connectivity index (χ0n) is 10.9. The number of hydrogen-bond donors (Lipinski definition) is 0. The van der Waals surface area contributed by atoms with Crippen LogP contribution in [0.2, 0.25) is 5.15 Å². The van der Waals surface area contributed by atoms with E-state index in [0.29, 0.717) is 23.3 Å². The Morgan fingerprint density at radius 3 is 2.85 bits per heavy atom. The number of pyridine rings is 2. The molecule has 2 aromatic rings. The van der Waals surface area contributed by atoms with Crippen molar-refractivity contribution >= 4 is 17.5 Å². The van der Waals surface area contributed by atoms with Gasteiger partial charge in [0.2, 0.25) is 0 Å². The molecular formula is C15H14ClN3O. The molecule has 102 valence electrons. The number of nitrogens with zero attached hydrogens (tertiary/aromatic N) is 3. The van der Waals surface area contributed by atoms with E-state index in [0.717, 1.165) is 18.4 Å². The molecule has 2 heterocycles. The van der Waals surface area contributed by atoms with E-state index in [-0.39, 0.29) is 5.91 Å². The van der Waals surface area contributed by atoms with Crippen molar-refractivity contribution in [2.24, 2.45) is 0 Å². The zero-order valence-corrected chi connectivity index (χ0v) is 11.6. The summed E-state index contributed by atoms with van der Waals surface area (Å²) in [5.74, 6) is 0.000605. The number of hydrogen-bond acceptors (Lipinski definition) is 3. The van der Waals surface area contributed by atoms with E-state index < -0.39 is 0 Å². The Labute approximate surface area is 122 Å². The zero-order chi connectivity index (χ0) is 13.9. The largest absolute Gasteiger partial charge is 0.331 e. The minimum absolute atomic E-state index is 0.000605. The molecule has 0 aromatic carbocycles. The first kappa shape index (κ1) is 13.1. The second kappa shape index (κ2) is 5.59. The molecule has 1 saturated carbocycles. The average Bonchev–Trinajstić information content (AvgIpc) is 3.30. The third-order valence-corrected chi connectivity index (χ3v) is 3.50. The van der Waals surface area contributed by atoms with Crippen LogP contribution in [0.15, 0.2) is 42.9 Å². The summed E-state index contributed by atoms with van der Waals surface area (Å²) in [6.07, 6.45) is 7.21. The maximum Gasteiger partial charge on any atom is 0.254 e. The molecule has 1 fully saturated rings. The topological polar surface area (TPSA) is 46.1 Å². The van der Waals surface area contributed by atoms with Gasteiger partial charge in [0.05, 0.1) is 0 Å². The molecule has 3 rings (SSSR count). The Hall–Kier alpha value is -1.94. The van der Waals surface area contributed by atoms with Gasteiger partial charge in [0.1, 0.15) is 5.15 Å². The third kappa shape index (κ3) is 2.96. The molecule has 20 heavy (non-hydrogen) atoms. The van der Waals surface area contributed by atoms with Gasteiger partial charge in [-0.25, -0.2) is 4.98 Å². The van der Waals surface area contributed by atoms with Crippen molar-refractivity contribution in [3.63, 3.8) is 0 Å². The van der Waals surface area contributed by atoms with E-state index in [4.69, 9.17) is 11.6 Å². The quantitative estimate of drug-likeness (QED) is 0.812. The fourth-order valence-corrected chi connectivity index (χ4v) is 2.32. The molecule has 0 atom stereocenters. The van der Waals surface area contributed by atoms with Crippen molar-refractivity contribution in [2.45, 2.75) is 25.4 Å². The van der Waals surface area contributed by atoms with Gasteiger partial charge in [-0.15, -0.1) is 0 Å². The average molecular weight is 288 g/mol. The smallest absolute Gasteiger partial charge is 0.254 e. The summed E-state index contributed by atoms with van der Waals surface area (Å²) in [6, 6.07) is 7.51. The highest BCUT2D eigenvalue weighted by Crippen LogP contribution is 2.29. The Morgan fingerprint density at radius 2 is 2.20 bits per heavy atom. The van der Waals surface area contributed by atoms with Crippen LogP contribution < -0.4 is 0 Å². The molecule has 0 unspecified atom stereocenters. The molecule has 2 aromatic heterocycles. The molecular weight excluding hydrogens is 274 g/mol. The van der Waals surface area contributed by atoms with E-state index in [1.54, 1.807) is 30.7 Å². The van der Waals surface area contributed by atoms with Crippen molar-refractivity contribution in [3.05, 3.63) is 59.1 Å². The monoisotopic (exact) mass is 287 g/mol. The minimum Gasteiger partial charge on any atom is -0.331 e. The van der Waals surface area contributed by atoms with Gasteiger partial charge in [-0.1, -0.05) is 17.7 Å². The number of amides is 1.